The zero-order chi connectivity index (χ0) is 15.2. The molecule has 108 valence electrons. The standard InChI is InChI=1S/C15H16N4O2/c1-2-3-4-14-13(9-16)17-18-19(14)10-11-5-7-12(8-6-11)15(20)21/h5-8H,2-4,10H2,1H3,(H,20,21). The van der Waals surface area contributed by atoms with Gasteiger partial charge in [0.05, 0.1) is 17.8 Å². The Morgan fingerprint density at radius 2 is 2.10 bits per heavy atom. The Hall–Kier alpha value is -2.68. The summed E-state index contributed by atoms with van der Waals surface area (Å²) in [5.41, 5.74) is 2.38. The lowest BCUT2D eigenvalue weighted by atomic mass is 10.1. The average Bonchev–Trinajstić information content (AvgIpc) is 2.87. The first-order valence-corrected chi connectivity index (χ1v) is 6.80. The lowest BCUT2D eigenvalue weighted by Crippen LogP contribution is -2.07. The maximum atomic E-state index is 10.8. The van der Waals surface area contributed by atoms with Crippen molar-refractivity contribution in [2.45, 2.75) is 32.7 Å². The molecular weight excluding hydrogens is 268 g/mol. The van der Waals surface area contributed by atoms with Crippen LogP contribution in [0.2, 0.25) is 0 Å². The summed E-state index contributed by atoms with van der Waals surface area (Å²) in [7, 11) is 0. The van der Waals surface area contributed by atoms with E-state index >= 15 is 0 Å². The van der Waals surface area contributed by atoms with Crippen molar-refractivity contribution >= 4 is 5.97 Å². The van der Waals surface area contributed by atoms with Gasteiger partial charge in [0.15, 0.2) is 5.69 Å². The molecule has 2 aromatic rings. The number of nitriles is 1. The summed E-state index contributed by atoms with van der Waals surface area (Å²) in [6, 6.07) is 8.69. The van der Waals surface area contributed by atoms with Crippen molar-refractivity contribution in [3.8, 4) is 6.07 Å². The normalized spacial score (nSPS) is 10.3. The van der Waals surface area contributed by atoms with E-state index in [9.17, 15) is 4.79 Å². The van der Waals surface area contributed by atoms with Gasteiger partial charge in [0.1, 0.15) is 6.07 Å². The maximum Gasteiger partial charge on any atom is 0.335 e. The SMILES string of the molecule is CCCCc1c(C#N)nnn1Cc1ccc(C(=O)O)cc1. The molecule has 0 unspecified atom stereocenters. The number of aromatic carboxylic acids is 1. The Kier molecular flexibility index (Phi) is 4.67. The van der Waals surface area contributed by atoms with Crippen molar-refractivity contribution in [2.75, 3.05) is 0 Å². The van der Waals surface area contributed by atoms with Crippen LogP contribution in [0.25, 0.3) is 0 Å². The topological polar surface area (TPSA) is 91.8 Å². The highest BCUT2D eigenvalue weighted by molar-refractivity contribution is 5.87. The Morgan fingerprint density at radius 1 is 1.38 bits per heavy atom. The quantitative estimate of drug-likeness (QED) is 0.878. The fourth-order valence-corrected chi connectivity index (χ4v) is 2.06. The minimum Gasteiger partial charge on any atom is -0.478 e. The fraction of sp³-hybridized carbons (Fsp3) is 0.333. The van der Waals surface area contributed by atoms with Crippen LogP contribution in [0.4, 0.5) is 0 Å². The molecule has 1 aromatic heterocycles. The molecule has 0 aliphatic carbocycles. The summed E-state index contributed by atoms with van der Waals surface area (Å²) in [5, 5.41) is 25.8. The molecule has 0 saturated carbocycles. The van der Waals surface area contributed by atoms with Gasteiger partial charge in [0, 0.05) is 0 Å². The minimum atomic E-state index is -0.947. The summed E-state index contributed by atoms with van der Waals surface area (Å²) in [6.07, 6.45) is 2.77. The molecule has 0 radical (unpaired) electrons. The highest BCUT2D eigenvalue weighted by atomic mass is 16.4. The second-order valence-electron chi connectivity index (χ2n) is 4.76. The van der Waals surface area contributed by atoms with E-state index in [1.54, 1.807) is 28.9 Å². The zero-order valence-corrected chi connectivity index (χ0v) is 11.8. The number of carboxylic acid groups (broad SMARTS) is 1. The number of benzene rings is 1. The number of hydrogen-bond acceptors (Lipinski definition) is 4. The molecule has 0 fully saturated rings. The van der Waals surface area contributed by atoms with Gasteiger partial charge in [0.2, 0.25) is 0 Å². The van der Waals surface area contributed by atoms with E-state index in [-0.39, 0.29) is 5.56 Å². The largest absolute Gasteiger partial charge is 0.478 e. The van der Waals surface area contributed by atoms with Crippen molar-refractivity contribution in [1.29, 1.82) is 5.26 Å². The Labute approximate surface area is 122 Å². The van der Waals surface area contributed by atoms with Crippen LogP contribution in [0, 0.1) is 11.3 Å². The third-order valence-electron chi connectivity index (χ3n) is 3.24. The zero-order valence-electron chi connectivity index (χ0n) is 11.8. The van der Waals surface area contributed by atoms with Crippen LogP contribution in [0.5, 0.6) is 0 Å². The predicted octanol–water partition coefficient (Wildman–Crippen LogP) is 2.24. The number of carbonyl (C=O) groups is 1. The molecule has 6 heteroatoms. The molecule has 1 N–H and O–H groups in total. The first-order chi connectivity index (χ1) is 10.2. The number of unbranched alkanes of at least 4 members (excludes halogenated alkanes) is 1. The van der Waals surface area contributed by atoms with E-state index in [1.807, 2.05) is 0 Å². The molecule has 2 rings (SSSR count). The van der Waals surface area contributed by atoms with Crippen LogP contribution >= 0.6 is 0 Å². The number of nitrogens with zero attached hydrogens (tertiary/aromatic N) is 4. The molecule has 6 nitrogen and oxygen atoms in total. The molecule has 1 aromatic carbocycles. The van der Waals surface area contributed by atoms with Crippen LogP contribution < -0.4 is 0 Å². The molecule has 0 spiro atoms. The highest BCUT2D eigenvalue weighted by Gasteiger charge is 2.12. The molecule has 0 aliphatic rings. The Bertz CT molecular complexity index is 668. The third-order valence-corrected chi connectivity index (χ3v) is 3.24. The Morgan fingerprint density at radius 3 is 2.67 bits per heavy atom. The van der Waals surface area contributed by atoms with Gasteiger partial charge in [-0.2, -0.15) is 5.26 Å². The molecule has 0 bridgehead atoms. The smallest absolute Gasteiger partial charge is 0.335 e. The van der Waals surface area contributed by atoms with Gasteiger partial charge in [0.25, 0.3) is 0 Å². The first kappa shape index (κ1) is 14.7. The summed E-state index contributed by atoms with van der Waals surface area (Å²) in [5.74, 6) is -0.947. The highest BCUT2D eigenvalue weighted by Crippen LogP contribution is 2.12. The lowest BCUT2D eigenvalue weighted by molar-refractivity contribution is 0.0697. The van der Waals surface area contributed by atoms with Crippen molar-refractivity contribution in [3.05, 3.63) is 46.8 Å². The summed E-state index contributed by atoms with van der Waals surface area (Å²) in [4.78, 5) is 10.8. The van der Waals surface area contributed by atoms with Gasteiger partial charge in [-0.25, -0.2) is 9.48 Å². The molecule has 0 amide bonds. The maximum absolute atomic E-state index is 10.8. The number of carboxylic acids is 1. The van der Waals surface area contributed by atoms with Crippen LogP contribution in [-0.2, 0) is 13.0 Å². The molecular formula is C15H16N4O2. The third kappa shape index (κ3) is 3.45. The van der Waals surface area contributed by atoms with E-state index in [0.717, 1.165) is 30.5 Å². The Balaban J connectivity index is 2.21. The van der Waals surface area contributed by atoms with Gasteiger partial charge in [-0.05, 0) is 30.5 Å². The van der Waals surface area contributed by atoms with Crippen LogP contribution in [0.15, 0.2) is 24.3 Å². The fourth-order valence-electron chi connectivity index (χ4n) is 2.06. The van der Waals surface area contributed by atoms with Gasteiger partial charge >= 0.3 is 5.97 Å². The number of hydrogen-bond donors (Lipinski definition) is 1. The van der Waals surface area contributed by atoms with Gasteiger partial charge < -0.3 is 5.11 Å². The van der Waals surface area contributed by atoms with Gasteiger partial charge in [-0.3, -0.25) is 0 Å². The first-order valence-electron chi connectivity index (χ1n) is 6.80. The number of aromatic nitrogens is 3. The van der Waals surface area contributed by atoms with Crippen molar-refractivity contribution in [2.24, 2.45) is 0 Å². The average molecular weight is 284 g/mol. The van der Waals surface area contributed by atoms with E-state index in [2.05, 4.69) is 23.3 Å². The van der Waals surface area contributed by atoms with E-state index in [0.29, 0.717) is 12.2 Å². The number of rotatable bonds is 6. The summed E-state index contributed by atoms with van der Waals surface area (Å²) < 4.78 is 1.71. The summed E-state index contributed by atoms with van der Waals surface area (Å²) in [6.45, 7) is 2.57. The molecule has 1 heterocycles. The monoisotopic (exact) mass is 284 g/mol. The van der Waals surface area contributed by atoms with Crippen molar-refractivity contribution in [3.63, 3.8) is 0 Å². The van der Waals surface area contributed by atoms with Crippen molar-refractivity contribution < 1.29 is 9.90 Å². The predicted molar refractivity (Wildman–Crippen MR) is 75.9 cm³/mol. The van der Waals surface area contributed by atoms with Crippen LogP contribution in [-0.4, -0.2) is 26.1 Å². The minimum absolute atomic E-state index is 0.251. The van der Waals surface area contributed by atoms with Gasteiger partial charge in [-0.1, -0.05) is 30.7 Å². The molecule has 21 heavy (non-hydrogen) atoms. The second kappa shape index (κ2) is 6.66. The second-order valence-corrected chi connectivity index (χ2v) is 4.76. The van der Waals surface area contributed by atoms with Gasteiger partial charge in [-0.15, -0.1) is 5.10 Å². The van der Waals surface area contributed by atoms with Crippen LogP contribution in [0.3, 0.4) is 0 Å². The van der Waals surface area contributed by atoms with E-state index in [4.69, 9.17) is 10.4 Å². The van der Waals surface area contributed by atoms with E-state index < -0.39 is 5.97 Å². The van der Waals surface area contributed by atoms with E-state index in [1.165, 1.54) is 0 Å². The van der Waals surface area contributed by atoms with Crippen LogP contribution in [0.1, 0.15) is 47.1 Å². The molecule has 0 saturated heterocycles. The summed E-state index contributed by atoms with van der Waals surface area (Å²) >= 11 is 0. The molecule has 0 atom stereocenters. The molecule has 0 aliphatic heterocycles. The van der Waals surface area contributed by atoms with Crippen molar-refractivity contribution in [1.82, 2.24) is 15.0 Å². The lowest BCUT2D eigenvalue weighted by Gasteiger charge is -2.06.